The van der Waals surface area contributed by atoms with Crippen LogP contribution in [0.1, 0.15) is 11.1 Å². The molecule has 0 fully saturated rings. The van der Waals surface area contributed by atoms with Gasteiger partial charge in [-0.2, -0.15) is 0 Å². The van der Waals surface area contributed by atoms with Crippen LogP contribution in [0.4, 0.5) is 16.2 Å². The van der Waals surface area contributed by atoms with E-state index in [9.17, 15) is 4.79 Å². The minimum Gasteiger partial charge on any atom is -0.308 e. The number of hydrogen-bond acceptors (Lipinski definition) is 3. The third-order valence-electron chi connectivity index (χ3n) is 3.31. The van der Waals surface area contributed by atoms with Crippen molar-refractivity contribution in [2.24, 2.45) is 0 Å². The molecule has 2 aromatic rings. The molecular formula is C16H17N3OS. The Morgan fingerprint density at radius 1 is 1.29 bits per heavy atom. The molecule has 1 aliphatic rings. The molecule has 0 saturated carbocycles. The molecule has 1 aliphatic heterocycles. The van der Waals surface area contributed by atoms with Gasteiger partial charge in [-0.15, -0.1) is 11.8 Å². The van der Waals surface area contributed by atoms with Gasteiger partial charge in [-0.05, 0) is 49.2 Å². The van der Waals surface area contributed by atoms with Gasteiger partial charge in [0.05, 0.1) is 5.69 Å². The molecule has 1 N–H and O–H groups in total. The zero-order valence-electron chi connectivity index (χ0n) is 12.1. The number of nitrogens with one attached hydrogen (secondary N) is 1. The number of nitrogens with zero attached hydrogens (tertiary/aromatic N) is 2. The van der Waals surface area contributed by atoms with Gasteiger partial charge in [-0.25, -0.2) is 9.78 Å². The highest BCUT2D eigenvalue weighted by Gasteiger charge is 2.23. The molecule has 0 radical (unpaired) electrons. The molecule has 0 saturated heterocycles. The normalized spacial score (nSPS) is 13.7. The van der Waals surface area contributed by atoms with Crippen LogP contribution in [-0.2, 0) is 0 Å². The van der Waals surface area contributed by atoms with Crippen LogP contribution in [0.25, 0.3) is 0 Å². The Labute approximate surface area is 128 Å². The lowest BCUT2D eigenvalue weighted by molar-refractivity contribution is 0.257. The van der Waals surface area contributed by atoms with Crippen molar-refractivity contribution in [3.63, 3.8) is 0 Å². The van der Waals surface area contributed by atoms with Crippen molar-refractivity contribution in [1.82, 2.24) is 4.98 Å². The van der Waals surface area contributed by atoms with Crippen molar-refractivity contribution < 1.29 is 4.79 Å². The van der Waals surface area contributed by atoms with Crippen LogP contribution in [0.2, 0.25) is 0 Å². The van der Waals surface area contributed by atoms with Gasteiger partial charge >= 0.3 is 6.03 Å². The van der Waals surface area contributed by atoms with Crippen LogP contribution in [0.3, 0.4) is 0 Å². The van der Waals surface area contributed by atoms with Crippen molar-refractivity contribution in [2.75, 3.05) is 22.5 Å². The fraction of sp³-hybridized carbons (Fsp3) is 0.250. The van der Waals surface area contributed by atoms with Crippen LogP contribution in [0.15, 0.2) is 41.6 Å². The molecule has 3 rings (SSSR count). The zero-order chi connectivity index (χ0) is 14.8. The molecule has 4 nitrogen and oxygen atoms in total. The summed E-state index contributed by atoms with van der Waals surface area (Å²) in [5.74, 6) is 0.865. The van der Waals surface area contributed by atoms with Gasteiger partial charge in [0.1, 0.15) is 5.03 Å². The Bertz CT molecular complexity index is 667. The number of rotatable bonds is 1. The number of carbonyl (C=O) groups excluding carboxylic acids is 1. The molecule has 5 heteroatoms. The van der Waals surface area contributed by atoms with Gasteiger partial charge in [0.25, 0.3) is 0 Å². The number of benzene rings is 1. The first kappa shape index (κ1) is 13.9. The van der Waals surface area contributed by atoms with E-state index in [1.54, 1.807) is 22.9 Å². The first-order valence-electron chi connectivity index (χ1n) is 6.88. The van der Waals surface area contributed by atoms with E-state index in [4.69, 9.17) is 0 Å². The molecule has 2 amide bonds. The molecule has 21 heavy (non-hydrogen) atoms. The molecule has 0 spiro atoms. The fourth-order valence-electron chi connectivity index (χ4n) is 2.50. The van der Waals surface area contributed by atoms with E-state index in [-0.39, 0.29) is 6.03 Å². The Hall–Kier alpha value is -2.01. The van der Waals surface area contributed by atoms with E-state index in [2.05, 4.69) is 16.4 Å². The fourth-order valence-corrected chi connectivity index (χ4v) is 3.43. The van der Waals surface area contributed by atoms with Gasteiger partial charge in [0, 0.05) is 24.2 Å². The molecule has 108 valence electrons. The van der Waals surface area contributed by atoms with Crippen molar-refractivity contribution >= 4 is 29.2 Å². The van der Waals surface area contributed by atoms with Crippen molar-refractivity contribution in [3.05, 3.63) is 47.7 Å². The predicted octanol–water partition coefficient (Wildman–Crippen LogP) is 3.84. The maximum Gasteiger partial charge on any atom is 0.326 e. The Morgan fingerprint density at radius 3 is 2.81 bits per heavy atom. The van der Waals surface area contributed by atoms with E-state index in [0.717, 1.165) is 33.3 Å². The van der Waals surface area contributed by atoms with Gasteiger partial charge in [-0.1, -0.05) is 6.07 Å². The predicted molar refractivity (Wildman–Crippen MR) is 87.2 cm³/mol. The van der Waals surface area contributed by atoms with Crippen LogP contribution < -0.4 is 10.2 Å². The van der Waals surface area contributed by atoms with E-state index in [1.165, 1.54) is 0 Å². The number of carbonyl (C=O) groups is 1. The first-order valence-corrected chi connectivity index (χ1v) is 7.87. The lowest BCUT2D eigenvalue weighted by Gasteiger charge is -2.28. The Morgan fingerprint density at radius 2 is 2.05 bits per heavy atom. The average molecular weight is 299 g/mol. The maximum absolute atomic E-state index is 12.5. The molecule has 0 unspecified atom stereocenters. The molecular weight excluding hydrogens is 282 g/mol. The highest BCUT2D eigenvalue weighted by Crippen LogP contribution is 2.32. The number of thioether (sulfide) groups is 1. The number of amides is 2. The Balaban J connectivity index is 1.83. The Kier molecular flexibility index (Phi) is 3.84. The summed E-state index contributed by atoms with van der Waals surface area (Å²) in [4.78, 5) is 18.6. The van der Waals surface area contributed by atoms with Gasteiger partial charge < -0.3 is 5.32 Å². The minimum absolute atomic E-state index is 0.102. The third-order valence-corrected chi connectivity index (χ3v) is 4.29. The second-order valence-electron chi connectivity index (χ2n) is 5.13. The number of pyridine rings is 1. The monoisotopic (exact) mass is 299 g/mol. The minimum atomic E-state index is -0.102. The maximum atomic E-state index is 12.5. The second kappa shape index (κ2) is 5.77. The molecule has 0 bridgehead atoms. The SMILES string of the molecule is Cc1cc(C)cc(NC(=O)N2CCSc3ncccc32)c1. The van der Waals surface area contributed by atoms with E-state index in [1.807, 2.05) is 38.1 Å². The van der Waals surface area contributed by atoms with Crippen molar-refractivity contribution in [2.45, 2.75) is 18.9 Å². The quantitative estimate of drug-likeness (QED) is 0.870. The molecule has 0 atom stereocenters. The van der Waals surface area contributed by atoms with Crippen LogP contribution in [-0.4, -0.2) is 23.3 Å². The van der Waals surface area contributed by atoms with Crippen LogP contribution in [0, 0.1) is 13.8 Å². The summed E-state index contributed by atoms with van der Waals surface area (Å²) in [7, 11) is 0. The number of anilines is 2. The standard InChI is InChI=1S/C16H17N3OS/c1-11-8-12(2)10-13(9-11)18-16(20)19-6-7-21-15-14(19)4-3-5-17-15/h3-5,8-10H,6-7H2,1-2H3,(H,18,20). The topological polar surface area (TPSA) is 45.2 Å². The first-order chi connectivity index (χ1) is 10.1. The highest BCUT2D eigenvalue weighted by molar-refractivity contribution is 7.99. The summed E-state index contributed by atoms with van der Waals surface area (Å²) in [6.45, 7) is 4.75. The number of aryl methyl sites for hydroxylation is 2. The number of aromatic nitrogens is 1. The molecule has 0 aliphatic carbocycles. The highest BCUT2D eigenvalue weighted by atomic mass is 32.2. The number of fused-ring (bicyclic) bond motifs is 1. The van der Waals surface area contributed by atoms with Crippen molar-refractivity contribution in [3.8, 4) is 0 Å². The summed E-state index contributed by atoms with van der Waals surface area (Å²) >= 11 is 1.69. The second-order valence-corrected chi connectivity index (χ2v) is 6.22. The van der Waals surface area contributed by atoms with Gasteiger partial charge in [0.2, 0.25) is 0 Å². The molecule has 1 aromatic heterocycles. The summed E-state index contributed by atoms with van der Waals surface area (Å²) in [5.41, 5.74) is 4.00. The molecule has 2 heterocycles. The lowest BCUT2D eigenvalue weighted by atomic mass is 10.1. The van der Waals surface area contributed by atoms with E-state index >= 15 is 0 Å². The number of hydrogen-bond donors (Lipinski definition) is 1. The summed E-state index contributed by atoms with van der Waals surface area (Å²) < 4.78 is 0. The smallest absolute Gasteiger partial charge is 0.308 e. The van der Waals surface area contributed by atoms with Gasteiger partial charge in [0.15, 0.2) is 0 Å². The van der Waals surface area contributed by atoms with E-state index in [0.29, 0.717) is 6.54 Å². The van der Waals surface area contributed by atoms with Gasteiger partial charge in [-0.3, -0.25) is 4.90 Å². The van der Waals surface area contributed by atoms with E-state index < -0.39 is 0 Å². The number of urea groups is 1. The molecule has 1 aromatic carbocycles. The lowest BCUT2D eigenvalue weighted by Crippen LogP contribution is -2.38. The largest absolute Gasteiger partial charge is 0.326 e. The van der Waals surface area contributed by atoms with Crippen LogP contribution >= 0.6 is 11.8 Å². The third kappa shape index (κ3) is 3.03. The van der Waals surface area contributed by atoms with Crippen molar-refractivity contribution in [1.29, 1.82) is 0 Å². The van der Waals surface area contributed by atoms with Crippen LogP contribution in [0.5, 0.6) is 0 Å². The summed E-state index contributed by atoms with van der Waals surface area (Å²) in [6, 6.07) is 9.75. The zero-order valence-corrected chi connectivity index (χ0v) is 12.9. The average Bonchev–Trinajstić information content (AvgIpc) is 2.45. The summed E-state index contributed by atoms with van der Waals surface area (Å²) in [6.07, 6.45) is 1.76. The summed E-state index contributed by atoms with van der Waals surface area (Å²) in [5, 5.41) is 3.90.